The SMILES string of the molecule is CC(C)C(CNC1CCNCC1)C(C)C. The van der Waals surface area contributed by atoms with Gasteiger partial charge in [-0.15, -0.1) is 0 Å². The van der Waals surface area contributed by atoms with E-state index in [4.69, 9.17) is 0 Å². The van der Waals surface area contributed by atoms with E-state index in [1.54, 1.807) is 0 Å². The summed E-state index contributed by atoms with van der Waals surface area (Å²) in [6.45, 7) is 12.9. The molecule has 0 amide bonds. The quantitative estimate of drug-likeness (QED) is 0.730. The molecule has 15 heavy (non-hydrogen) atoms. The third-order valence-electron chi connectivity index (χ3n) is 3.69. The van der Waals surface area contributed by atoms with Crippen LogP contribution in [0.3, 0.4) is 0 Å². The molecular weight excluding hydrogens is 184 g/mol. The molecule has 1 saturated heterocycles. The van der Waals surface area contributed by atoms with Crippen LogP contribution in [0.15, 0.2) is 0 Å². The van der Waals surface area contributed by atoms with Crippen molar-refractivity contribution in [2.24, 2.45) is 17.8 Å². The van der Waals surface area contributed by atoms with Crippen LogP contribution in [0.1, 0.15) is 40.5 Å². The zero-order chi connectivity index (χ0) is 11.3. The summed E-state index contributed by atoms with van der Waals surface area (Å²) in [6.07, 6.45) is 2.59. The van der Waals surface area contributed by atoms with Crippen LogP contribution in [-0.4, -0.2) is 25.7 Å². The lowest BCUT2D eigenvalue weighted by Crippen LogP contribution is -2.43. The highest BCUT2D eigenvalue weighted by atomic mass is 15.0. The summed E-state index contributed by atoms with van der Waals surface area (Å²) in [4.78, 5) is 0. The number of piperidine rings is 1. The van der Waals surface area contributed by atoms with Crippen LogP contribution in [0, 0.1) is 17.8 Å². The van der Waals surface area contributed by atoms with Crippen molar-refractivity contribution in [3.63, 3.8) is 0 Å². The number of hydrogen-bond acceptors (Lipinski definition) is 2. The van der Waals surface area contributed by atoms with Gasteiger partial charge in [-0.3, -0.25) is 0 Å². The van der Waals surface area contributed by atoms with Gasteiger partial charge in [-0.1, -0.05) is 27.7 Å². The first-order valence-corrected chi connectivity index (χ1v) is 6.55. The predicted octanol–water partition coefficient (Wildman–Crippen LogP) is 2.26. The summed E-state index contributed by atoms with van der Waals surface area (Å²) < 4.78 is 0. The second kappa shape index (κ2) is 6.49. The Bertz CT molecular complexity index is 152. The van der Waals surface area contributed by atoms with Crippen molar-refractivity contribution in [1.29, 1.82) is 0 Å². The number of nitrogens with one attached hydrogen (secondary N) is 2. The minimum Gasteiger partial charge on any atom is -0.317 e. The summed E-state index contributed by atoms with van der Waals surface area (Å²) in [6, 6.07) is 0.756. The first-order chi connectivity index (χ1) is 7.11. The Hall–Kier alpha value is -0.0800. The summed E-state index contributed by atoms with van der Waals surface area (Å²) in [5.74, 6) is 2.40. The molecule has 1 fully saturated rings. The first kappa shape index (κ1) is 13.0. The fraction of sp³-hybridized carbons (Fsp3) is 1.00. The Labute approximate surface area is 95.2 Å². The van der Waals surface area contributed by atoms with Gasteiger partial charge in [0.15, 0.2) is 0 Å². The summed E-state index contributed by atoms with van der Waals surface area (Å²) in [5, 5.41) is 7.15. The smallest absolute Gasteiger partial charge is 0.00913 e. The van der Waals surface area contributed by atoms with E-state index in [9.17, 15) is 0 Å². The summed E-state index contributed by atoms with van der Waals surface area (Å²) in [5.41, 5.74) is 0. The molecule has 2 heteroatoms. The third kappa shape index (κ3) is 4.52. The van der Waals surface area contributed by atoms with Gasteiger partial charge < -0.3 is 10.6 Å². The van der Waals surface area contributed by atoms with Gasteiger partial charge in [0.1, 0.15) is 0 Å². The highest BCUT2D eigenvalue weighted by Gasteiger charge is 2.19. The van der Waals surface area contributed by atoms with Gasteiger partial charge in [0.2, 0.25) is 0 Å². The third-order valence-corrected chi connectivity index (χ3v) is 3.69. The predicted molar refractivity (Wildman–Crippen MR) is 67.1 cm³/mol. The van der Waals surface area contributed by atoms with Crippen LogP contribution >= 0.6 is 0 Å². The van der Waals surface area contributed by atoms with E-state index >= 15 is 0 Å². The highest BCUT2D eigenvalue weighted by molar-refractivity contribution is 4.77. The Balaban J connectivity index is 2.26. The normalized spacial score (nSPS) is 19.4. The van der Waals surface area contributed by atoms with Gasteiger partial charge in [0.05, 0.1) is 0 Å². The largest absolute Gasteiger partial charge is 0.317 e. The van der Waals surface area contributed by atoms with Crippen LogP contribution in [-0.2, 0) is 0 Å². The summed E-state index contributed by atoms with van der Waals surface area (Å²) in [7, 11) is 0. The molecule has 0 aromatic heterocycles. The van der Waals surface area contributed by atoms with E-state index in [0.29, 0.717) is 0 Å². The van der Waals surface area contributed by atoms with Crippen molar-refractivity contribution in [3.05, 3.63) is 0 Å². The molecule has 1 heterocycles. The van der Waals surface area contributed by atoms with Crippen molar-refractivity contribution in [3.8, 4) is 0 Å². The van der Waals surface area contributed by atoms with Crippen LogP contribution < -0.4 is 10.6 Å². The molecule has 0 atom stereocenters. The average molecular weight is 212 g/mol. The molecule has 2 N–H and O–H groups in total. The highest BCUT2D eigenvalue weighted by Crippen LogP contribution is 2.20. The van der Waals surface area contributed by atoms with Gasteiger partial charge in [0, 0.05) is 6.04 Å². The minimum atomic E-state index is 0.756. The molecule has 0 spiro atoms. The molecule has 1 aliphatic heterocycles. The van der Waals surface area contributed by atoms with Crippen molar-refractivity contribution in [2.75, 3.05) is 19.6 Å². The van der Waals surface area contributed by atoms with Crippen molar-refractivity contribution in [1.82, 2.24) is 10.6 Å². The van der Waals surface area contributed by atoms with Crippen LogP contribution in [0.4, 0.5) is 0 Å². The number of hydrogen-bond donors (Lipinski definition) is 2. The molecule has 0 aliphatic carbocycles. The summed E-state index contributed by atoms with van der Waals surface area (Å²) >= 11 is 0. The van der Waals surface area contributed by atoms with Gasteiger partial charge in [-0.25, -0.2) is 0 Å². The molecule has 0 aromatic rings. The van der Waals surface area contributed by atoms with Crippen molar-refractivity contribution < 1.29 is 0 Å². The molecule has 90 valence electrons. The average Bonchev–Trinajstić information content (AvgIpc) is 2.18. The lowest BCUT2D eigenvalue weighted by Gasteiger charge is -2.30. The maximum absolute atomic E-state index is 3.74. The Morgan fingerprint density at radius 1 is 1.07 bits per heavy atom. The number of rotatable bonds is 5. The molecular formula is C13H28N2. The Kier molecular flexibility index (Phi) is 5.62. The fourth-order valence-corrected chi connectivity index (χ4v) is 2.57. The van der Waals surface area contributed by atoms with E-state index in [0.717, 1.165) is 23.8 Å². The van der Waals surface area contributed by atoms with Gasteiger partial charge >= 0.3 is 0 Å². The van der Waals surface area contributed by atoms with Crippen molar-refractivity contribution >= 4 is 0 Å². The van der Waals surface area contributed by atoms with Crippen LogP contribution in [0.2, 0.25) is 0 Å². The molecule has 1 rings (SSSR count). The van der Waals surface area contributed by atoms with Gasteiger partial charge in [-0.2, -0.15) is 0 Å². The van der Waals surface area contributed by atoms with Gasteiger partial charge in [0.25, 0.3) is 0 Å². The molecule has 0 unspecified atom stereocenters. The zero-order valence-electron chi connectivity index (χ0n) is 10.8. The molecule has 0 aromatic carbocycles. The minimum absolute atomic E-state index is 0.756. The van der Waals surface area contributed by atoms with E-state index in [-0.39, 0.29) is 0 Å². The van der Waals surface area contributed by atoms with E-state index < -0.39 is 0 Å². The first-order valence-electron chi connectivity index (χ1n) is 6.55. The van der Waals surface area contributed by atoms with E-state index in [2.05, 4.69) is 38.3 Å². The van der Waals surface area contributed by atoms with E-state index in [1.165, 1.54) is 32.5 Å². The topological polar surface area (TPSA) is 24.1 Å². The second-order valence-corrected chi connectivity index (χ2v) is 5.58. The lowest BCUT2D eigenvalue weighted by atomic mass is 9.85. The lowest BCUT2D eigenvalue weighted by molar-refractivity contribution is 0.254. The zero-order valence-corrected chi connectivity index (χ0v) is 10.8. The van der Waals surface area contributed by atoms with Gasteiger partial charge in [-0.05, 0) is 50.2 Å². The Morgan fingerprint density at radius 3 is 2.07 bits per heavy atom. The molecule has 0 bridgehead atoms. The Morgan fingerprint density at radius 2 is 1.60 bits per heavy atom. The van der Waals surface area contributed by atoms with Crippen LogP contribution in [0.25, 0.3) is 0 Å². The van der Waals surface area contributed by atoms with Crippen molar-refractivity contribution in [2.45, 2.75) is 46.6 Å². The monoisotopic (exact) mass is 212 g/mol. The maximum atomic E-state index is 3.74. The standard InChI is InChI=1S/C13H28N2/c1-10(2)13(11(3)4)9-15-12-5-7-14-8-6-12/h10-15H,5-9H2,1-4H3. The maximum Gasteiger partial charge on any atom is 0.00913 e. The van der Waals surface area contributed by atoms with E-state index in [1.807, 2.05) is 0 Å². The molecule has 2 nitrogen and oxygen atoms in total. The fourth-order valence-electron chi connectivity index (χ4n) is 2.57. The second-order valence-electron chi connectivity index (χ2n) is 5.58. The molecule has 1 aliphatic rings. The van der Waals surface area contributed by atoms with Crippen LogP contribution in [0.5, 0.6) is 0 Å². The molecule has 0 saturated carbocycles. The molecule has 0 radical (unpaired) electrons.